The van der Waals surface area contributed by atoms with Gasteiger partial charge in [-0.05, 0) is 46.1 Å². The second-order valence-electron chi connectivity index (χ2n) is 4.77. The Kier molecular flexibility index (Phi) is 4.00. The highest BCUT2D eigenvalue weighted by Crippen LogP contribution is 2.27. The van der Waals surface area contributed by atoms with Crippen LogP contribution < -0.4 is 0 Å². The number of hydrogen-bond acceptors (Lipinski definition) is 1. The number of nitrogens with zero attached hydrogens (tertiary/aromatic N) is 2. The number of hydrogen-bond donors (Lipinski definition) is 0. The zero-order valence-corrected chi connectivity index (χ0v) is 13.7. The standard InChI is InChI=1S/C16H13BrClFN2/c1-2-10-3-5-11(6-4-10)21-15-7-12(17)13(19)8-14(15)20-16(21)9-18/h3-8H,2,9H2,1H3. The molecule has 0 N–H and O–H groups in total. The Labute approximate surface area is 135 Å². The van der Waals surface area contributed by atoms with Gasteiger partial charge >= 0.3 is 0 Å². The van der Waals surface area contributed by atoms with E-state index < -0.39 is 0 Å². The Morgan fingerprint density at radius 2 is 1.95 bits per heavy atom. The van der Waals surface area contributed by atoms with Gasteiger partial charge in [0.2, 0.25) is 0 Å². The van der Waals surface area contributed by atoms with Gasteiger partial charge in [-0.25, -0.2) is 9.37 Å². The van der Waals surface area contributed by atoms with E-state index in [1.165, 1.54) is 11.6 Å². The summed E-state index contributed by atoms with van der Waals surface area (Å²) in [4.78, 5) is 4.42. The topological polar surface area (TPSA) is 17.8 Å². The fourth-order valence-electron chi connectivity index (χ4n) is 2.38. The van der Waals surface area contributed by atoms with Crippen molar-refractivity contribution in [1.29, 1.82) is 0 Å². The summed E-state index contributed by atoms with van der Waals surface area (Å²) in [5.41, 5.74) is 3.68. The molecule has 3 aromatic rings. The molecule has 0 unspecified atom stereocenters. The van der Waals surface area contributed by atoms with E-state index in [4.69, 9.17) is 11.6 Å². The predicted molar refractivity (Wildman–Crippen MR) is 87.7 cm³/mol. The number of imidazole rings is 1. The maximum absolute atomic E-state index is 13.7. The average molecular weight is 368 g/mol. The summed E-state index contributed by atoms with van der Waals surface area (Å²) < 4.78 is 16.0. The van der Waals surface area contributed by atoms with Crippen LogP contribution in [-0.2, 0) is 12.3 Å². The lowest BCUT2D eigenvalue weighted by Crippen LogP contribution is -1.99. The van der Waals surface area contributed by atoms with E-state index in [-0.39, 0.29) is 11.7 Å². The summed E-state index contributed by atoms with van der Waals surface area (Å²) in [6.45, 7) is 2.12. The Morgan fingerprint density at radius 3 is 2.57 bits per heavy atom. The molecule has 1 aromatic heterocycles. The molecule has 0 atom stereocenters. The van der Waals surface area contributed by atoms with Crippen molar-refractivity contribution < 1.29 is 4.39 Å². The van der Waals surface area contributed by atoms with Crippen molar-refractivity contribution in [3.63, 3.8) is 0 Å². The first-order chi connectivity index (χ1) is 10.1. The summed E-state index contributed by atoms with van der Waals surface area (Å²) in [6.07, 6.45) is 0.990. The Bertz CT molecular complexity index is 796. The fraction of sp³-hybridized carbons (Fsp3) is 0.188. The van der Waals surface area contributed by atoms with Crippen LogP contribution in [0.3, 0.4) is 0 Å². The number of benzene rings is 2. The summed E-state index contributed by atoms with van der Waals surface area (Å²) in [5.74, 6) is 0.645. The SMILES string of the molecule is CCc1ccc(-n2c(CCl)nc3cc(F)c(Br)cc32)cc1. The van der Waals surface area contributed by atoms with E-state index in [0.29, 0.717) is 15.8 Å². The number of aryl methyl sites for hydroxylation is 1. The first kappa shape index (κ1) is 14.5. The Hall–Kier alpha value is -1.39. The van der Waals surface area contributed by atoms with E-state index in [0.717, 1.165) is 17.6 Å². The highest BCUT2D eigenvalue weighted by atomic mass is 79.9. The molecule has 0 spiro atoms. The van der Waals surface area contributed by atoms with Gasteiger partial charge in [0.05, 0.1) is 21.4 Å². The molecule has 108 valence electrons. The van der Waals surface area contributed by atoms with Crippen molar-refractivity contribution in [2.75, 3.05) is 0 Å². The quantitative estimate of drug-likeness (QED) is 0.580. The monoisotopic (exact) mass is 366 g/mol. The fourth-order valence-corrected chi connectivity index (χ4v) is 2.89. The molecule has 0 fully saturated rings. The van der Waals surface area contributed by atoms with Crippen LogP contribution in [0, 0.1) is 5.82 Å². The molecule has 0 aliphatic carbocycles. The van der Waals surface area contributed by atoms with Crippen molar-refractivity contribution in [3.8, 4) is 5.69 Å². The second kappa shape index (κ2) is 5.78. The molecule has 21 heavy (non-hydrogen) atoms. The first-order valence-electron chi connectivity index (χ1n) is 6.65. The molecule has 5 heteroatoms. The molecular weight excluding hydrogens is 355 g/mol. The molecule has 3 rings (SSSR count). The Balaban J connectivity index is 2.25. The smallest absolute Gasteiger partial charge is 0.139 e. The minimum Gasteiger partial charge on any atom is -0.295 e. The molecule has 0 bridgehead atoms. The van der Waals surface area contributed by atoms with Gasteiger partial charge in [0, 0.05) is 11.8 Å². The van der Waals surface area contributed by atoms with E-state index in [9.17, 15) is 4.39 Å². The van der Waals surface area contributed by atoms with Gasteiger partial charge in [-0.1, -0.05) is 19.1 Å². The van der Waals surface area contributed by atoms with Gasteiger partial charge in [-0.2, -0.15) is 0 Å². The summed E-state index contributed by atoms with van der Waals surface area (Å²) in [7, 11) is 0. The molecule has 0 amide bonds. The van der Waals surface area contributed by atoms with Crippen LogP contribution in [0.1, 0.15) is 18.3 Å². The van der Waals surface area contributed by atoms with Gasteiger partial charge in [-0.3, -0.25) is 4.57 Å². The highest BCUT2D eigenvalue weighted by molar-refractivity contribution is 9.10. The second-order valence-corrected chi connectivity index (χ2v) is 5.89. The van der Waals surface area contributed by atoms with Crippen LogP contribution in [0.5, 0.6) is 0 Å². The van der Waals surface area contributed by atoms with Gasteiger partial charge in [0.15, 0.2) is 0 Å². The minimum atomic E-state index is -0.324. The summed E-state index contributed by atoms with van der Waals surface area (Å²) >= 11 is 9.23. The number of alkyl halides is 1. The maximum atomic E-state index is 13.7. The lowest BCUT2D eigenvalue weighted by Gasteiger charge is -2.09. The van der Waals surface area contributed by atoms with Gasteiger partial charge in [-0.15, -0.1) is 11.6 Å². The van der Waals surface area contributed by atoms with Gasteiger partial charge < -0.3 is 0 Å². The molecule has 1 heterocycles. The van der Waals surface area contributed by atoms with Crippen LogP contribution in [0.25, 0.3) is 16.7 Å². The number of fused-ring (bicyclic) bond motifs is 1. The minimum absolute atomic E-state index is 0.267. The lowest BCUT2D eigenvalue weighted by molar-refractivity contribution is 0.623. The van der Waals surface area contributed by atoms with Crippen LogP contribution >= 0.6 is 27.5 Å². The first-order valence-corrected chi connectivity index (χ1v) is 7.98. The average Bonchev–Trinajstić information content (AvgIpc) is 2.85. The zero-order valence-electron chi connectivity index (χ0n) is 11.4. The van der Waals surface area contributed by atoms with Crippen LogP contribution in [0.2, 0.25) is 0 Å². The number of rotatable bonds is 3. The molecule has 0 saturated carbocycles. The van der Waals surface area contributed by atoms with E-state index in [2.05, 4.69) is 40.0 Å². The molecule has 2 aromatic carbocycles. The number of aromatic nitrogens is 2. The summed E-state index contributed by atoms with van der Waals surface area (Å²) in [6, 6.07) is 11.4. The van der Waals surface area contributed by atoms with E-state index >= 15 is 0 Å². The van der Waals surface area contributed by atoms with Crippen molar-refractivity contribution in [1.82, 2.24) is 9.55 Å². The number of halogens is 3. The van der Waals surface area contributed by atoms with Crippen LogP contribution in [0.15, 0.2) is 40.9 Å². The van der Waals surface area contributed by atoms with Crippen molar-refractivity contribution in [2.45, 2.75) is 19.2 Å². The molecule has 0 radical (unpaired) electrons. The predicted octanol–water partition coefficient (Wildman–Crippen LogP) is 5.23. The van der Waals surface area contributed by atoms with Crippen LogP contribution in [0.4, 0.5) is 4.39 Å². The normalized spacial score (nSPS) is 11.2. The van der Waals surface area contributed by atoms with Gasteiger partial charge in [0.1, 0.15) is 11.6 Å². The van der Waals surface area contributed by atoms with Crippen molar-refractivity contribution >= 4 is 38.6 Å². The third kappa shape index (κ3) is 2.58. The molecule has 0 saturated heterocycles. The third-order valence-electron chi connectivity index (χ3n) is 3.49. The Morgan fingerprint density at radius 1 is 1.24 bits per heavy atom. The van der Waals surface area contributed by atoms with Crippen molar-refractivity contribution in [2.24, 2.45) is 0 Å². The lowest BCUT2D eigenvalue weighted by atomic mass is 10.1. The third-order valence-corrected chi connectivity index (χ3v) is 4.34. The van der Waals surface area contributed by atoms with E-state index in [1.807, 2.05) is 16.7 Å². The zero-order chi connectivity index (χ0) is 15.0. The largest absolute Gasteiger partial charge is 0.295 e. The van der Waals surface area contributed by atoms with Gasteiger partial charge in [0.25, 0.3) is 0 Å². The maximum Gasteiger partial charge on any atom is 0.139 e. The summed E-state index contributed by atoms with van der Waals surface area (Å²) in [5, 5.41) is 0. The van der Waals surface area contributed by atoms with Crippen molar-refractivity contribution in [3.05, 3.63) is 58.1 Å². The molecule has 2 nitrogen and oxygen atoms in total. The van der Waals surface area contributed by atoms with E-state index in [1.54, 1.807) is 6.07 Å². The highest BCUT2D eigenvalue weighted by Gasteiger charge is 2.14. The molecule has 0 aliphatic heterocycles. The molecular formula is C16H13BrClFN2. The molecule has 0 aliphatic rings. The van der Waals surface area contributed by atoms with Crippen LogP contribution in [-0.4, -0.2) is 9.55 Å².